The Labute approximate surface area is 193 Å². The predicted octanol–water partition coefficient (Wildman–Crippen LogP) is 3.42. The van der Waals surface area contributed by atoms with Crippen molar-refractivity contribution in [3.8, 4) is 11.3 Å². The number of hydrogen-bond donors (Lipinski definition) is 1. The maximum absolute atomic E-state index is 11.9. The maximum Gasteiger partial charge on any atom is 0.290 e. The van der Waals surface area contributed by atoms with Crippen LogP contribution in [0, 0.1) is 0 Å². The van der Waals surface area contributed by atoms with E-state index in [1.165, 1.54) is 6.33 Å². The molecule has 1 N–H and O–H groups in total. The Morgan fingerprint density at radius 2 is 1.91 bits per heavy atom. The third-order valence-corrected chi connectivity index (χ3v) is 6.60. The Bertz CT molecular complexity index is 1270. The number of pyridine rings is 1. The lowest BCUT2D eigenvalue weighted by atomic mass is 10.1. The Kier molecular flexibility index (Phi) is 5.54. The van der Waals surface area contributed by atoms with Gasteiger partial charge < -0.3 is 9.80 Å². The molecule has 0 saturated carbocycles. The summed E-state index contributed by atoms with van der Waals surface area (Å²) in [5.74, 6) is -0.419. The normalized spacial score (nSPS) is 18.6. The highest BCUT2D eigenvalue weighted by atomic mass is 35.5. The number of piperazine rings is 1. The van der Waals surface area contributed by atoms with E-state index in [0.717, 1.165) is 49.2 Å². The summed E-state index contributed by atoms with van der Waals surface area (Å²) in [7, 11) is 2.12. The van der Waals surface area contributed by atoms with Crippen molar-refractivity contribution in [3.63, 3.8) is 0 Å². The Morgan fingerprint density at radius 1 is 1.09 bits per heavy atom. The van der Waals surface area contributed by atoms with E-state index < -0.39 is 5.91 Å². The largest absolute Gasteiger partial charge is 0.368 e. The third kappa shape index (κ3) is 4.06. The molecule has 10 heteroatoms. The van der Waals surface area contributed by atoms with Gasteiger partial charge in [0.2, 0.25) is 0 Å². The van der Waals surface area contributed by atoms with Crippen LogP contribution in [0.1, 0.15) is 5.69 Å². The number of imide groups is 1. The lowest BCUT2D eigenvalue weighted by Crippen LogP contribution is -2.44. The molecule has 2 aliphatic heterocycles. The van der Waals surface area contributed by atoms with Crippen LogP contribution in [0.25, 0.3) is 28.4 Å². The van der Waals surface area contributed by atoms with E-state index in [0.29, 0.717) is 32.3 Å². The van der Waals surface area contributed by atoms with Crippen LogP contribution in [-0.2, 0) is 4.79 Å². The number of benzene rings is 1. The molecule has 0 radical (unpaired) electrons. The molecule has 162 valence electrons. The second-order valence-corrected chi connectivity index (χ2v) is 9.06. The first-order valence-corrected chi connectivity index (χ1v) is 11.3. The summed E-state index contributed by atoms with van der Waals surface area (Å²) in [5, 5.41) is 2.52. The number of likely N-dealkylation sites (N-methyl/N-ethyl adjacent to an activating group) is 1. The fourth-order valence-electron chi connectivity index (χ4n) is 3.76. The van der Waals surface area contributed by atoms with Gasteiger partial charge in [-0.1, -0.05) is 17.7 Å². The summed E-state index contributed by atoms with van der Waals surface area (Å²) in [4.78, 5) is 41.6. The number of hydrogen-bond acceptors (Lipinski definition) is 8. The van der Waals surface area contributed by atoms with Gasteiger partial charge in [0.1, 0.15) is 11.8 Å². The zero-order chi connectivity index (χ0) is 22.2. The molecule has 2 aromatic heterocycles. The number of carbonyl (C=O) groups excluding carboxylic acids is 2. The molecule has 5 rings (SSSR count). The number of anilines is 1. The molecule has 2 amide bonds. The first kappa shape index (κ1) is 20.9. The van der Waals surface area contributed by atoms with Gasteiger partial charge in [0.15, 0.2) is 0 Å². The molecule has 2 fully saturated rings. The van der Waals surface area contributed by atoms with Crippen LogP contribution in [-0.4, -0.2) is 64.2 Å². The molecule has 0 bridgehead atoms. The van der Waals surface area contributed by atoms with Crippen molar-refractivity contribution < 1.29 is 9.59 Å². The summed E-state index contributed by atoms with van der Waals surface area (Å²) >= 11 is 7.52. The zero-order valence-electron chi connectivity index (χ0n) is 17.2. The first-order valence-electron chi connectivity index (χ1n) is 10.1. The van der Waals surface area contributed by atoms with Crippen LogP contribution >= 0.6 is 23.4 Å². The molecule has 8 nitrogen and oxygen atoms in total. The molecule has 32 heavy (non-hydrogen) atoms. The number of rotatable bonds is 3. The van der Waals surface area contributed by atoms with Crippen molar-refractivity contribution >= 4 is 57.3 Å². The topological polar surface area (TPSA) is 91.3 Å². The Morgan fingerprint density at radius 3 is 2.62 bits per heavy atom. The fourth-order valence-corrected chi connectivity index (χ4v) is 4.73. The quantitative estimate of drug-likeness (QED) is 0.587. The van der Waals surface area contributed by atoms with Crippen molar-refractivity contribution in [2.45, 2.75) is 0 Å². The zero-order valence-corrected chi connectivity index (χ0v) is 18.8. The van der Waals surface area contributed by atoms with Gasteiger partial charge in [-0.25, -0.2) is 15.0 Å². The predicted molar refractivity (Wildman–Crippen MR) is 127 cm³/mol. The number of carbonyl (C=O) groups is 2. The molecule has 3 aromatic rings. The van der Waals surface area contributed by atoms with E-state index in [-0.39, 0.29) is 5.24 Å². The van der Waals surface area contributed by atoms with E-state index in [1.807, 2.05) is 24.3 Å². The van der Waals surface area contributed by atoms with Gasteiger partial charge in [-0.05, 0) is 49.2 Å². The molecular formula is C22H19ClN6O2S. The highest BCUT2D eigenvalue weighted by molar-refractivity contribution is 8.18. The van der Waals surface area contributed by atoms with Crippen LogP contribution < -0.4 is 10.2 Å². The highest BCUT2D eigenvalue weighted by Crippen LogP contribution is 2.33. The van der Waals surface area contributed by atoms with Crippen LogP contribution in [0.4, 0.5) is 10.5 Å². The second kappa shape index (κ2) is 8.50. The molecule has 2 saturated heterocycles. The second-order valence-electron chi connectivity index (χ2n) is 7.63. The molecule has 2 aliphatic rings. The maximum atomic E-state index is 11.9. The van der Waals surface area contributed by atoms with Crippen molar-refractivity contribution in [3.05, 3.63) is 52.3 Å². The van der Waals surface area contributed by atoms with Crippen molar-refractivity contribution in [2.75, 3.05) is 38.1 Å². The van der Waals surface area contributed by atoms with Gasteiger partial charge >= 0.3 is 0 Å². The lowest BCUT2D eigenvalue weighted by molar-refractivity contribution is -0.115. The monoisotopic (exact) mass is 466 g/mol. The summed E-state index contributed by atoms with van der Waals surface area (Å²) in [6.45, 7) is 3.86. The molecule has 0 atom stereocenters. The van der Waals surface area contributed by atoms with Crippen molar-refractivity contribution in [1.29, 1.82) is 0 Å². The third-order valence-electron chi connectivity index (χ3n) is 5.49. The summed E-state index contributed by atoms with van der Waals surface area (Å²) in [5.41, 5.74) is 4.31. The van der Waals surface area contributed by atoms with E-state index in [4.69, 9.17) is 11.6 Å². The number of aromatic nitrogens is 3. The van der Waals surface area contributed by atoms with Crippen LogP contribution in [0.2, 0.25) is 5.02 Å². The van der Waals surface area contributed by atoms with Gasteiger partial charge in [0, 0.05) is 31.7 Å². The van der Waals surface area contributed by atoms with Gasteiger partial charge in [-0.3, -0.25) is 14.9 Å². The van der Waals surface area contributed by atoms with Gasteiger partial charge in [-0.15, -0.1) is 0 Å². The molecular weight excluding hydrogens is 448 g/mol. The van der Waals surface area contributed by atoms with E-state index in [9.17, 15) is 9.59 Å². The fraction of sp³-hybridized carbons (Fsp3) is 0.227. The minimum atomic E-state index is -0.419. The highest BCUT2D eigenvalue weighted by Gasteiger charge is 2.25. The molecule has 0 unspecified atom stereocenters. The summed E-state index contributed by atoms with van der Waals surface area (Å²) in [6, 6.07) is 9.50. The average Bonchev–Trinajstić information content (AvgIpc) is 3.10. The van der Waals surface area contributed by atoms with Crippen molar-refractivity contribution in [1.82, 2.24) is 25.2 Å². The number of nitrogens with zero attached hydrogens (tertiary/aromatic N) is 5. The summed E-state index contributed by atoms with van der Waals surface area (Å²) < 4.78 is 0. The molecule has 0 aliphatic carbocycles. The standard InChI is InChI=1S/C22H19ClN6O2S/c1-28-6-8-29(9-7-28)17-5-2-13(10-15(17)23)19-20-16(24-12-25-19)4-3-14(26-20)11-18-21(30)27-22(31)32-18/h2-5,10-12H,6-9H2,1H3,(H,27,30,31). The molecule has 0 spiro atoms. The van der Waals surface area contributed by atoms with Crippen LogP contribution in [0.15, 0.2) is 41.6 Å². The van der Waals surface area contributed by atoms with Gasteiger partial charge in [0.05, 0.1) is 32.5 Å². The smallest absolute Gasteiger partial charge is 0.290 e. The van der Waals surface area contributed by atoms with E-state index in [2.05, 4.69) is 37.1 Å². The number of amides is 2. The van der Waals surface area contributed by atoms with E-state index in [1.54, 1.807) is 12.1 Å². The average molecular weight is 467 g/mol. The van der Waals surface area contributed by atoms with Crippen LogP contribution in [0.5, 0.6) is 0 Å². The van der Waals surface area contributed by atoms with E-state index >= 15 is 0 Å². The molecule has 4 heterocycles. The number of halogens is 1. The summed E-state index contributed by atoms with van der Waals surface area (Å²) in [6.07, 6.45) is 3.09. The SMILES string of the molecule is CN1CCN(c2ccc(-c3ncnc4ccc(C=C5SC(=O)NC5=O)nc34)cc2Cl)CC1. The Hall–Kier alpha value is -3.01. The Balaban J connectivity index is 1.51. The number of fused-ring (bicyclic) bond motifs is 1. The molecule has 1 aromatic carbocycles. The van der Waals surface area contributed by atoms with Crippen LogP contribution in [0.3, 0.4) is 0 Å². The number of nitrogens with one attached hydrogen (secondary N) is 1. The first-order chi connectivity index (χ1) is 15.5. The van der Waals surface area contributed by atoms with Gasteiger partial charge in [-0.2, -0.15) is 0 Å². The minimum absolute atomic E-state index is 0.305. The number of thioether (sulfide) groups is 1. The lowest BCUT2D eigenvalue weighted by Gasteiger charge is -2.34. The minimum Gasteiger partial charge on any atom is -0.368 e. The van der Waals surface area contributed by atoms with Gasteiger partial charge in [0.25, 0.3) is 11.1 Å². The van der Waals surface area contributed by atoms with Crippen molar-refractivity contribution in [2.24, 2.45) is 0 Å².